The van der Waals surface area contributed by atoms with Crippen molar-refractivity contribution in [3.8, 4) is 0 Å². The molecule has 1 heterocycles. The zero-order valence-electron chi connectivity index (χ0n) is 24.4. The van der Waals surface area contributed by atoms with Gasteiger partial charge in [-0.05, 0) is 79.9 Å². The number of benzene rings is 1. The fourth-order valence-electron chi connectivity index (χ4n) is 6.96. The summed E-state index contributed by atoms with van der Waals surface area (Å²) >= 11 is 0. The molecule has 1 aromatic carbocycles. The Morgan fingerprint density at radius 1 is 1.10 bits per heavy atom. The van der Waals surface area contributed by atoms with Crippen molar-refractivity contribution in [2.24, 2.45) is 28.9 Å². The minimum atomic E-state index is -1.10. The normalized spacial score (nSPS) is 28.3. The summed E-state index contributed by atoms with van der Waals surface area (Å²) in [7, 11) is -0.595. The third-order valence-corrected chi connectivity index (χ3v) is 9.41. The molecule has 5 rings (SSSR count). The van der Waals surface area contributed by atoms with Crippen LogP contribution in [0.2, 0.25) is 0 Å². The molecule has 0 spiro atoms. The Kier molecular flexibility index (Phi) is 8.81. The van der Waals surface area contributed by atoms with Crippen molar-refractivity contribution in [2.75, 3.05) is 0 Å². The maximum absolute atomic E-state index is 13.5. The lowest BCUT2D eigenvalue weighted by atomic mass is 9.43. The smallest absolute Gasteiger partial charge is 0.404 e. The van der Waals surface area contributed by atoms with Gasteiger partial charge < -0.3 is 25.7 Å². The van der Waals surface area contributed by atoms with Crippen LogP contribution in [-0.4, -0.2) is 48.5 Å². The van der Waals surface area contributed by atoms with Crippen molar-refractivity contribution >= 4 is 24.8 Å². The van der Waals surface area contributed by atoms with Gasteiger partial charge in [-0.1, -0.05) is 53.2 Å². The minimum absolute atomic E-state index is 0.00717. The summed E-state index contributed by atoms with van der Waals surface area (Å²) in [5.41, 5.74) is 6.87. The van der Waals surface area contributed by atoms with E-state index in [4.69, 9.17) is 15.0 Å². The molecule has 4 aliphatic rings. The molecule has 0 unspecified atom stereocenters. The van der Waals surface area contributed by atoms with Gasteiger partial charge in [0.05, 0.1) is 24.1 Å². The summed E-state index contributed by atoms with van der Waals surface area (Å²) in [6.45, 7) is 13.1. The van der Waals surface area contributed by atoms with Crippen molar-refractivity contribution in [1.82, 2.24) is 10.6 Å². The van der Waals surface area contributed by atoms with E-state index >= 15 is 0 Å². The fraction of sp³-hybridized carbons (Fsp3) is 0.700. The van der Waals surface area contributed by atoms with Gasteiger partial charge in [-0.25, -0.2) is 0 Å². The van der Waals surface area contributed by atoms with Gasteiger partial charge in [0.1, 0.15) is 6.04 Å². The van der Waals surface area contributed by atoms with Crippen LogP contribution < -0.4 is 16.4 Å². The Morgan fingerprint density at radius 3 is 2.38 bits per heavy atom. The summed E-state index contributed by atoms with van der Waals surface area (Å²) in [5.74, 6) is -0.693. The van der Waals surface area contributed by atoms with Gasteiger partial charge in [-0.15, -0.1) is 0 Å². The van der Waals surface area contributed by atoms with E-state index in [1.165, 1.54) is 0 Å². The first-order valence-electron chi connectivity index (χ1n) is 14.7. The molecule has 1 aliphatic heterocycles. The number of amides is 3. The predicted octanol–water partition coefficient (Wildman–Crippen LogP) is 3.80. The van der Waals surface area contributed by atoms with Crippen LogP contribution in [0, 0.1) is 23.2 Å². The van der Waals surface area contributed by atoms with Crippen LogP contribution in [0.25, 0.3) is 0 Å². The van der Waals surface area contributed by atoms with Crippen LogP contribution in [-0.2, 0) is 25.3 Å². The van der Waals surface area contributed by atoms with Crippen molar-refractivity contribution in [2.45, 2.75) is 110 Å². The number of carbonyl (C=O) groups excluding carboxylic acids is 3. The van der Waals surface area contributed by atoms with Gasteiger partial charge in [-0.3, -0.25) is 14.4 Å². The lowest BCUT2D eigenvalue weighted by Gasteiger charge is -2.64. The first-order chi connectivity index (χ1) is 18.3. The summed E-state index contributed by atoms with van der Waals surface area (Å²) in [6.07, 6.45) is 5.55. The van der Waals surface area contributed by atoms with E-state index in [-0.39, 0.29) is 23.9 Å². The standard InChI is InChI=1S/C30H46BN3O5/c1-7-8-9-19-10-12-20(13-11-19)27(36)33-22(17-26(32)35)28(37)34-25(14-18(2)3)31-38-24-16-21-15-23(29(21,4)5)30(24,6)39-31/h10-13,18,21-25H,7-9,14-17H2,1-6H3,(H2,32,35)(H,33,36)(H,34,37)/t21-,22+,23-,24-,25+,30+/m1/s1. The third kappa shape index (κ3) is 6.19. The van der Waals surface area contributed by atoms with Gasteiger partial charge in [-0.2, -0.15) is 0 Å². The van der Waals surface area contributed by atoms with E-state index in [1.807, 2.05) is 12.1 Å². The number of primary amides is 1. The average Bonchev–Trinajstić information content (AvgIpc) is 3.23. The van der Waals surface area contributed by atoms with Crippen LogP contribution in [0.3, 0.4) is 0 Å². The molecule has 4 N–H and O–H groups in total. The van der Waals surface area contributed by atoms with Gasteiger partial charge in [0.25, 0.3) is 5.91 Å². The van der Waals surface area contributed by atoms with Crippen LogP contribution in [0.1, 0.15) is 96.0 Å². The summed E-state index contributed by atoms with van der Waals surface area (Å²) in [4.78, 5) is 38.4. The van der Waals surface area contributed by atoms with Crippen molar-refractivity contribution in [3.63, 3.8) is 0 Å². The number of nitrogens with two attached hydrogens (primary N) is 1. The Bertz CT molecular complexity index is 1060. The molecule has 0 radical (unpaired) electrons. The second-order valence-electron chi connectivity index (χ2n) is 13.1. The lowest BCUT2D eigenvalue weighted by Crippen LogP contribution is -2.65. The Hall–Kier alpha value is -2.39. The van der Waals surface area contributed by atoms with Crippen LogP contribution in [0.15, 0.2) is 24.3 Å². The molecule has 9 heteroatoms. The molecule has 3 amide bonds. The number of rotatable bonds is 12. The number of unbranched alkanes of at least 4 members (excludes halogenated alkanes) is 1. The zero-order valence-corrected chi connectivity index (χ0v) is 24.4. The summed E-state index contributed by atoms with van der Waals surface area (Å²) in [6, 6.07) is 6.24. The maximum atomic E-state index is 13.5. The molecule has 1 aromatic rings. The summed E-state index contributed by atoms with van der Waals surface area (Å²) in [5, 5.41) is 5.77. The highest BCUT2D eigenvalue weighted by molar-refractivity contribution is 6.48. The minimum Gasteiger partial charge on any atom is -0.404 e. The van der Waals surface area contributed by atoms with E-state index < -0.39 is 42.4 Å². The number of nitrogens with one attached hydrogen (secondary N) is 2. The third-order valence-electron chi connectivity index (χ3n) is 9.41. The highest BCUT2D eigenvalue weighted by atomic mass is 16.7. The molecule has 3 aliphatic carbocycles. The highest BCUT2D eigenvalue weighted by Gasteiger charge is 2.68. The Labute approximate surface area is 233 Å². The van der Waals surface area contributed by atoms with Gasteiger partial charge in [0.15, 0.2) is 0 Å². The molecular weight excluding hydrogens is 493 g/mol. The highest BCUT2D eigenvalue weighted by Crippen LogP contribution is 2.65. The van der Waals surface area contributed by atoms with Gasteiger partial charge in [0, 0.05) is 5.56 Å². The molecule has 6 atom stereocenters. The molecule has 4 fully saturated rings. The van der Waals surface area contributed by atoms with Gasteiger partial charge in [0.2, 0.25) is 11.8 Å². The molecule has 1 saturated heterocycles. The van der Waals surface area contributed by atoms with Crippen LogP contribution in [0.4, 0.5) is 0 Å². The van der Waals surface area contributed by atoms with Crippen LogP contribution in [0.5, 0.6) is 0 Å². The molecule has 2 bridgehead atoms. The van der Waals surface area contributed by atoms with Crippen molar-refractivity contribution in [1.29, 1.82) is 0 Å². The van der Waals surface area contributed by atoms with E-state index in [0.29, 0.717) is 23.8 Å². The van der Waals surface area contributed by atoms with Crippen molar-refractivity contribution < 1.29 is 23.7 Å². The number of aryl methyl sites for hydroxylation is 1. The van der Waals surface area contributed by atoms with E-state index in [1.54, 1.807) is 12.1 Å². The SMILES string of the molecule is CCCCc1ccc(C(=O)N[C@@H](CC(N)=O)C(=O)N[C@@H](CC(C)C)B2O[C@@H]3C[C@H]4C[C@H](C4(C)C)[C@]3(C)O2)cc1. The molecule has 8 nitrogen and oxygen atoms in total. The first kappa shape index (κ1) is 29.6. The predicted molar refractivity (Wildman–Crippen MR) is 152 cm³/mol. The average molecular weight is 540 g/mol. The van der Waals surface area contributed by atoms with Crippen LogP contribution >= 0.6 is 0 Å². The van der Waals surface area contributed by atoms with Gasteiger partial charge >= 0.3 is 7.12 Å². The number of carbonyl (C=O) groups is 3. The fourth-order valence-corrected chi connectivity index (χ4v) is 6.96. The Morgan fingerprint density at radius 2 is 1.79 bits per heavy atom. The quantitative estimate of drug-likeness (QED) is 0.349. The van der Waals surface area contributed by atoms with E-state index in [9.17, 15) is 14.4 Å². The molecule has 214 valence electrons. The first-order valence-corrected chi connectivity index (χ1v) is 14.7. The number of hydrogen-bond acceptors (Lipinski definition) is 5. The lowest BCUT2D eigenvalue weighted by molar-refractivity contribution is -0.199. The second kappa shape index (κ2) is 11.6. The second-order valence-corrected chi connectivity index (χ2v) is 13.1. The topological polar surface area (TPSA) is 120 Å². The number of hydrogen-bond donors (Lipinski definition) is 3. The molecular formula is C30H46BN3O5. The van der Waals surface area contributed by atoms with E-state index in [2.05, 4.69) is 52.2 Å². The van der Waals surface area contributed by atoms with Crippen molar-refractivity contribution in [3.05, 3.63) is 35.4 Å². The molecule has 0 aromatic heterocycles. The molecule has 39 heavy (non-hydrogen) atoms. The zero-order chi connectivity index (χ0) is 28.5. The molecule has 3 saturated carbocycles. The Balaban J connectivity index is 1.45. The largest absolute Gasteiger partial charge is 0.481 e. The maximum Gasteiger partial charge on any atom is 0.481 e. The summed E-state index contributed by atoms with van der Waals surface area (Å²) < 4.78 is 13.1. The van der Waals surface area contributed by atoms with E-state index in [0.717, 1.165) is 37.7 Å². The monoisotopic (exact) mass is 539 g/mol.